The topological polar surface area (TPSA) is 188 Å². The number of hydrogen-bond acceptors (Lipinski definition) is 8. The Morgan fingerprint density at radius 2 is 1.61 bits per heavy atom. The molecule has 1 aromatic rings. The van der Waals surface area contributed by atoms with Gasteiger partial charge in [-0.2, -0.15) is 0 Å². The van der Waals surface area contributed by atoms with Crippen LogP contribution >= 0.6 is 12.6 Å². The fourth-order valence-electron chi connectivity index (χ4n) is 3.91. The number of thiol groups is 1. The van der Waals surface area contributed by atoms with Crippen LogP contribution in [0.25, 0.3) is 0 Å². The summed E-state index contributed by atoms with van der Waals surface area (Å²) in [7, 11) is 0. The lowest BCUT2D eigenvalue weighted by Crippen LogP contribution is -2.55. The van der Waals surface area contributed by atoms with Crippen LogP contribution in [-0.2, 0) is 46.5 Å². The lowest BCUT2D eigenvalue weighted by atomic mass is 10.0. The van der Waals surface area contributed by atoms with Crippen molar-refractivity contribution >= 4 is 59.1 Å². The van der Waals surface area contributed by atoms with Crippen LogP contribution < -0.4 is 16.0 Å². The standard InChI is InChI=1S/C27H34N4O9S/c1-15(2)24(30-20(32)13-31-21(33)10-11-22(31)34)26(38)28-16(3)25(37)29-19-9-8-18(14-40-27(39)41)17(12-19)6-4-5-7-23(35)36/h8-12,15-16,24H,4-7,13-14H2,1-3H3,(H,28,38)(H,29,37)(H,30,32)(H,35,36)(H,39,41)/t16-,24-/m0/s1. The van der Waals surface area contributed by atoms with Crippen LogP contribution in [-0.4, -0.2) is 69.4 Å². The molecule has 0 saturated heterocycles. The maximum absolute atomic E-state index is 12.9. The average molecular weight is 591 g/mol. The molecule has 0 aromatic heterocycles. The van der Waals surface area contributed by atoms with Gasteiger partial charge in [-0.25, -0.2) is 4.79 Å². The number of aryl methyl sites for hydroxylation is 1. The van der Waals surface area contributed by atoms with Crippen LogP contribution in [0.3, 0.4) is 0 Å². The number of carboxylic acid groups (broad SMARTS) is 1. The third kappa shape index (κ3) is 10.7. The number of benzene rings is 1. The van der Waals surface area contributed by atoms with Gasteiger partial charge in [-0.15, -0.1) is 0 Å². The van der Waals surface area contributed by atoms with Gasteiger partial charge in [0.05, 0.1) is 0 Å². The number of aliphatic carboxylic acids is 1. The number of nitrogens with one attached hydrogen (secondary N) is 3. The number of nitrogens with zero attached hydrogens (tertiary/aromatic N) is 1. The number of rotatable bonds is 15. The first kappa shape index (κ1) is 33.0. The number of amides is 5. The maximum Gasteiger partial charge on any atom is 0.364 e. The Labute approximate surface area is 242 Å². The fourth-order valence-corrected chi connectivity index (χ4v) is 3.98. The van der Waals surface area contributed by atoms with E-state index in [-0.39, 0.29) is 18.9 Å². The molecule has 2 rings (SSSR count). The largest absolute Gasteiger partial charge is 0.481 e. The zero-order chi connectivity index (χ0) is 30.7. The molecule has 0 fully saturated rings. The van der Waals surface area contributed by atoms with Gasteiger partial charge in [0.1, 0.15) is 25.2 Å². The van der Waals surface area contributed by atoms with Crippen molar-refractivity contribution in [2.24, 2.45) is 5.92 Å². The van der Waals surface area contributed by atoms with Gasteiger partial charge in [0, 0.05) is 24.3 Å². The summed E-state index contributed by atoms with van der Waals surface area (Å²) in [5, 5.41) is 15.9. The van der Waals surface area contributed by atoms with Crippen molar-refractivity contribution < 1.29 is 43.4 Å². The highest BCUT2D eigenvalue weighted by Gasteiger charge is 2.30. The molecule has 0 radical (unpaired) electrons. The van der Waals surface area contributed by atoms with Crippen LogP contribution in [0.2, 0.25) is 0 Å². The number of carbonyl (C=O) groups is 7. The quantitative estimate of drug-likeness (QED) is 0.0874. The van der Waals surface area contributed by atoms with Gasteiger partial charge in [0.15, 0.2) is 0 Å². The maximum atomic E-state index is 12.9. The molecule has 1 aliphatic rings. The number of hydrogen-bond donors (Lipinski definition) is 5. The number of ether oxygens (including phenoxy) is 1. The molecular weight excluding hydrogens is 556 g/mol. The number of carbonyl (C=O) groups excluding carboxylic acids is 6. The van der Waals surface area contributed by atoms with Crippen LogP contribution in [0.15, 0.2) is 30.4 Å². The van der Waals surface area contributed by atoms with E-state index in [0.717, 1.165) is 22.6 Å². The first-order chi connectivity index (χ1) is 19.3. The smallest absolute Gasteiger partial charge is 0.364 e. The van der Waals surface area contributed by atoms with Crippen LogP contribution in [0.1, 0.15) is 51.2 Å². The van der Waals surface area contributed by atoms with E-state index in [0.29, 0.717) is 30.5 Å². The SMILES string of the molecule is CC(C)[C@H](NC(=O)CN1C(=O)C=CC1=O)C(=O)N[C@@H](C)C(=O)Nc1ccc(COC(=O)S)c(CCCCC(=O)O)c1. The molecule has 1 heterocycles. The molecule has 2 atom stereocenters. The van der Waals surface area contributed by atoms with Crippen LogP contribution in [0, 0.1) is 5.92 Å². The Balaban J connectivity index is 2.02. The molecule has 0 spiro atoms. The molecule has 0 bridgehead atoms. The molecule has 4 N–H and O–H groups in total. The normalized spacial score (nSPS) is 14.0. The van der Waals surface area contributed by atoms with E-state index in [1.54, 1.807) is 32.0 Å². The number of unbranched alkanes of at least 4 members (excludes halogenated alkanes) is 1. The number of anilines is 1. The highest BCUT2D eigenvalue weighted by molar-refractivity contribution is 7.96. The van der Waals surface area contributed by atoms with E-state index in [2.05, 4.69) is 28.6 Å². The van der Waals surface area contributed by atoms with Crippen molar-refractivity contribution in [2.45, 2.75) is 65.1 Å². The predicted octanol–water partition coefficient (Wildman–Crippen LogP) is 1.56. The van der Waals surface area contributed by atoms with Gasteiger partial charge in [0.2, 0.25) is 17.7 Å². The van der Waals surface area contributed by atoms with Crippen molar-refractivity contribution in [3.63, 3.8) is 0 Å². The average Bonchev–Trinajstić information content (AvgIpc) is 3.20. The fraction of sp³-hybridized carbons (Fsp3) is 0.444. The van der Waals surface area contributed by atoms with Crippen molar-refractivity contribution in [1.29, 1.82) is 0 Å². The summed E-state index contributed by atoms with van der Waals surface area (Å²) < 4.78 is 4.96. The highest BCUT2D eigenvalue weighted by atomic mass is 32.1. The van der Waals surface area contributed by atoms with Crippen LogP contribution in [0.5, 0.6) is 0 Å². The van der Waals surface area contributed by atoms with E-state index < -0.39 is 59.4 Å². The monoisotopic (exact) mass is 590 g/mol. The lowest BCUT2D eigenvalue weighted by molar-refractivity contribution is -0.141. The zero-order valence-corrected chi connectivity index (χ0v) is 23.9. The van der Waals surface area contributed by atoms with Gasteiger partial charge >= 0.3 is 11.3 Å². The van der Waals surface area contributed by atoms with Gasteiger partial charge in [-0.3, -0.25) is 33.7 Å². The molecule has 41 heavy (non-hydrogen) atoms. The van der Waals surface area contributed by atoms with Gasteiger partial charge in [-0.05, 0) is 55.4 Å². The van der Waals surface area contributed by atoms with E-state index >= 15 is 0 Å². The summed E-state index contributed by atoms with van der Waals surface area (Å²) in [4.78, 5) is 84.3. The molecule has 1 aliphatic heterocycles. The van der Waals surface area contributed by atoms with Crippen molar-refractivity contribution in [3.05, 3.63) is 41.5 Å². The molecule has 0 unspecified atom stereocenters. The van der Waals surface area contributed by atoms with E-state index in [1.165, 1.54) is 6.92 Å². The predicted molar refractivity (Wildman–Crippen MR) is 150 cm³/mol. The second-order valence-corrected chi connectivity index (χ2v) is 10.1. The molecule has 0 saturated carbocycles. The number of imide groups is 1. The van der Waals surface area contributed by atoms with Crippen molar-refractivity contribution in [2.75, 3.05) is 11.9 Å². The van der Waals surface area contributed by atoms with Gasteiger partial charge < -0.3 is 25.8 Å². The highest BCUT2D eigenvalue weighted by Crippen LogP contribution is 2.20. The van der Waals surface area contributed by atoms with Crippen LogP contribution in [0.4, 0.5) is 10.5 Å². The Kier molecular flexibility index (Phi) is 12.5. The van der Waals surface area contributed by atoms with Gasteiger partial charge in [0.25, 0.3) is 11.8 Å². The molecule has 222 valence electrons. The number of carboxylic acids is 1. The summed E-state index contributed by atoms with van der Waals surface area (Å²) in [6, 6.07) is 2.90. The minimum atomic E-state index is -1.04. The van der Waals surface area contributed by atoms with E-state index in [1.807, 2.05) is 0 Å². The molecule has 0 aliphatic carbocycles. The molecule has 1 aromatic carbocycles. The summed E-state index contributed by atoms with van der Waals surface area (Å²) in [5.74, 6) is -4.41. The Bertz CT molecular complexity index is 1210. The second-order valence-electron chi connectivity index (χ2n) is 9.74. The summed E-state index contributed by atoms with van der Waals surface area (Å²) in [6.45, 7) is 4.25. The summed E-state index contributed by atoms with van der Waals surface area (Å²) in [6.07, 6.45) is 3.58. The van der Waals surface area contributed by atoms with Gasteiger partial charge in [-0.1, -0.05) is 32.5 Å². The third-order valence-corrected chi connectivity index (χ3v) is 6.26. The Morgan fingerprint density at radius 3 is 2.20 bits per heavy atom. The minimum Gasteiger partial charge on any atom is -0.481 e. The van der Waals surface area contributed by atoms with E-state index in [9.17, 15) is 33.6 Å². The van der Waals surface area contributed by atoms with Crippen molar-refractivity contribution in [3.8, 4) is 0 Å². The zero-order valence-electron chi connectivity index (χ0n) is 23.0. The molecule has 13 nitrogen and oxygen atoms in total. The third-order valence-electron chi connectivity index (χ3n) is 6.13. The molecule has 14 heteroatoms. The first-order valence-electron chi connectivity index (χ1n) is 12.9. The van der Waals surface area contributed by atoms with E-state index in [4.69, 9.17) is 9.84 Å². The Morgan fingerprint density at radius 1 is 0.951 bits per heavy atom. The summed E-state index contributed by atoms with van der Waals surface area (Å²) in [5.41, 5.74) is 1.82. The molecule has 5 amide bonds. The minimum absolute atomic E-state index is 0.0120. The summed E-state index contributed by atoms with van der Waals surface area (Å²) >= 11 is 3.59. The second kappa shape index (κ2) is 15.6. The lowest BCUT2D eigenvalue weighted by Gasteiger charge is -2.24. The Hall–Kier alpha value is -4.20. The molecular formula is C27H34N4O9S. The van der Waals surface area contributed by atoms with Crippen molar-refractivity contribution in [1.82, 2.24) is 15.5 Å². The first-order valence-corrected chi connectivity index (χ1v) is 13.4.